The van der Waals surface area contributed by atoms with E-state index in [1.807, 2.05) is 19.1 Å². The average Bonchev–Trinajstić information content (AvgIpc) is 2.52. The van der Waals surface area contributed by atoms with E-state index in [-0.39, 0.29) is 5.97 Å². The third kappa shape index (κ3) is 4.95. The van der Waals surface area contributed by atoms with Gasteiger partial charge < -0.3 is 15.4 Å². The van der Waals surface area contributed by atoms with Crippen molar-refractivity contribution < 1.29 is 9.53 Å². The summed E-state index contributed by atoms with van der Waals surface area (Å²) in [6.45, 7) is 6.96. The Labute approximate surface area is 136 Å². The molecule has 0 aliphatic heterocycles. The molecule has 2 rings (SSSR count). The number of nitrogens with one attached hydrogen (secondary N) is 2. The summed E-state index contributed by atoms with van der Waals surface area (Å²) >= 11 is 0. The summed E-state index contributed by atoms with van der Waals surface area (Å²) in [5, 5.41) is 6.48. The molecule has 2 aromatic rings. The molecule has 0 fully saturated rings. The highest BCUT2D eigenvalue weighted by molar-refractivity contribution is 5.90. The standard InChI is InChI=1S/C17H22N4O2/c1-11(2)10-18-15-9-16(20-12(3)19-15)21-14-7-5-6-13(8-14)17(22)23-4/h5-9,11H,10H2,1-4H3,(H2,18,19,20,21). The second kappa shape index (κ2) is 7.58. The minimum atomic E-state index is -0.369. The Morgan fingerprint density at radius 1 is 1.22 bits per heavy atom. The Bertz CT molecular complexity index is 686. The van der Waals surface area contributed by atoms with Crippen LogP contribution in [0.25, 0.3) is 0 Å². The number of ether oxygens (including phenoxy) is 1. The maximum Gasteiger partial charge on any atom is 0.337 e. The highest BCUT2D eigenvalue weighted by Crippen LogP contribution is 2.19. The number of anilines is 3. The van der Waals surface area contributed by atoms with Gasteiger partial charge in [-0.1, -0.05) is 19.9 Å². The molecular weight excluding hydrogens is 292 g/mol. The van der Waals surface area contributed by atoms with Gasteiger partial charge in [0, 0.05) is 18.3 Å². The fraction of sp³-hybridized carbons (Fsp3) is 0.353. The van der Waals surface area contributed by atoms with Crippen LogP contribution in [0.4, 0.5) is 17.3 Å². The van der Waals surface area contributed by atoms with Crippen molar-refractivity contribution in [1.82, 2.24) is 9.97 Å². The maximum atomic E-state index is 11.6. The van der Waals surface area contributed by atoms with Gasteiger partial charge in [0.1, 0.15) is 17.5 Å². The van der Waals surface area contributed by atoms with Crippen molar-refractivity contribution in [1.29, 1.82) is 0 Å². The summed E-state index contributed by atoms with van der Waals surface area (Å²) in [6, 6.07) is 8.94. The average molecular weight is 314 g/mol. The molecule has 2 N–H and O–H groups in total. The normalized spacial score (nSPS) is 10.5. The zero-order valence-corrected chi connectivity index (χ0v) is 13.9. The van der Waals surface area contributed by atoms with Gasteiger partial charge in [-0.15, -0.1) is 0 Å². The predicted octanol–water partition coefficient (Wildman–Crippen LogP) is 3.38. The number of hydrogen-bond donors (Lipinski definition) is 2. The smallest absolute Gasteiger partial charge is 0.337 e. The van der Waals surface area contributed by atoms with Crippen molar-refractivity contribution in [3.63, 3.8) is 0 Å². The number of hydrogen-bond acceptors (Lipinski definition) is 6. The molecule has 0 atom stereocenters. The molecule has 1 aromatic carbocycles. The van der Waals surface area contributed by atoms with Gasteiger partial charge in [-0.3, -0.25) is 0 Å². The molecule has 1 aromatic heterocycles. The van der Waals surface area contributed by atoms with E-state index >= 15 is 0 Å². The lowest BCUT2D eigenvalue weighted by molar-refractivity contribution is 0.0601. The highest BCUT2D eigenvalue weighted by atomic mass is 16.5. The van der Waals surface area contributed by atoms with Gasteiger partial charge in [-0.05, 0) is 31.0 Å². The molecule has 0 unspecified atom stereocenters. The van der Waals surface area contributed by atoms with Gasteiger partial charge in [-0.25, -0.2) is 14.8 Å². The molecule has 0 bridgehead atoms. The third-order valence-electron chi connectivity index (χ3n) is 3.09. The van der Waals surface area contributed by atoms with Gasteiger partial charge in [-0.2, -0.15) is 0 Å². The number of benzene rings is 1. The molecule has 0 saturated heterocycles. The zero-order valence-electron chi connectivity index (χ0n) is 13.9. The van der Waals surface area contributed by atoms with Crippen LogP contribution in [0, 0.1) is 12.8 Å². The molecule has 1 heterocycles. The molecular formula is C17H22N4O2. The van der Waals surface area contributed by atoms with E-state index in [9.17, 15) is 4.79 Å². The van der Waals surface area contributed by atoms with E-state index in [2.05, 4.69) is 34.4 Å². The lowest BCUT2D eigenvalue weighted by Crippen LogP contribution is -2.10. The first-order valence-corrected chi connectivity index (χ1v) is 7.53. The fourth-order valence-corrected chi connectivity index (χ4v) is 2.02. The number of carbonyl (C=O) groups excluding carboxylic acids is 1. The van der Waals surface area contributed by atoms with E-state index in [1.165, 1.54) is 7.11 Å². The number of carbonyl (C=O) groups is 1. The lowest BCUT2D eigenvalue weighted by Gasteiger charge is -2.12. The first kappa shape index (κ1) is 16.7. The Kier molecular flexibility index (Phi) is 5.51. The van der Waals surface area contributed by atoms with Gasteiger partial charge >= 0.3 is 5.97 Å². The molecule has 0 aliphatic rings. The Morgan fingerprint density at radius 2 is 1.96 bits per heavy atom. The molecule has 6 nitrogen and oxygen atoms in total. The van der Waals surface area contributed by atoms with E-state index in [0.717, 1.165) is 18.1 Å². The van der Waals surface area contributed by atoms with Crippen LogP contribution in [0.15, 0.2) is 30.3 Å². The number of aromatic nitrogens is 2. The molecule has 23 heavy (non-hydrogen) atoms. The minimum Gasteiger partial charge on any atom is -0.465 e. The van der Waals surface area contributed by atoms with Crippen LogP contribution in [0.1, 0.15) is 30.0 Å². The van der Waals surface area contributed by atoms with Crippen molar-refractivity contribution in [2.75, 3.05) is 24.3 Å². The second-order valence-corrected chi connectivity index (χ2v) is 5.66. The molecule has 122 valence electrons. The first-order chi connectivity index (χ1) is 11.0. The summed E-state index contributed by atoms with van der Waals surface area (Å²) in [7, 11) is 1.36. The molecule has 0 saturated carbocycles. The molecule has 0 radical (unpaired) electrons. The molecule has 6 heteroatoms. The lowest BCUT2D eigenvalue weighted by atomic mass is 10.2. The number of methoxy groups -OCH3 is 1. The summed E-state index contributed by atoms with van der Waals surface area (Å²) in [5.41, 5.74) is 1.25. The van der Waals surface area contributed by atoms with Crippen molar-refractivity contribution in [2.45, 2.75) is 20.8 Å². The predicted molar refractivity (Wildman–Crippen MR) is 91.2 cm³/mol. The maximum absolute atomic E-state index is 11.6. The highest BCUT2D eigenvalue weighted by Gasteiger charge is 2.07. The quantitative estimate of drug-likeness (QED) is 0.796. The number of nitrogens with zero attached hydrogens (tertiary/aromatic N) is 2. The number of aryl methyl sites for hydroxylation is 1. The van der Waals surface area contributed by atoms with Gasteiger partial charge in [0.25, 0.3) is 0 Å². The van der Waals surface area contributed by atoms with Crippen LogP contribution in [-0.4, -0.2) is 29.6 Å². The van der Waals surface area contributed by atoms with Crippen molar-refractivity contribution >= 4 is 23.3 Å². The van der Waals surface area contributed by atoms with E-state index < -0.39 is 0 Å². The number of rotatable bonds is 6. The molecule has 0 amide bonds. The zero-order chi connectivity index (χ0) is 16.8. The Morgan fingerprint density at radius 3 is 2.65 bits per heavy atom. The number of esters is 1. The monoisotopic (exact) mass is 314 g/mol. The van der Waals surface area contributed by atoms with Crippen LogP contribution in [0.2, 0.25) is 0 Å². The summed E-state index contributed by atoms with van der Waals surface area (Å²) in [4.78, 5) is 20.3. The van der Waals surface area contributed by atoms with E-state index in [0.29, 0.717) is 23.1 Å². The van der Waals surface area contributed by atoms with Crippen molar-refractivity contribution in [2.24, 2.45) is 5.92 Å². The van der Waals surface area contributed by atoms with Crippen molar-refractivity contribution in [3.8, 4) is 0 Å². The molecule has 0 spiro atoms. The van der Waals surface area contributed by atoms with Crippen molar-refractivity contribution in [3.05, 3.63) is 41.7 Å². The SMILES string of the molecule is COC(=O)c1cccc(Nc2cc(NCC(C)C)nc(C)n2)c1. The van der Waals surface area contributed by atoms with E-state index in [1.54, 1.807) is 18.2 Å². The third-order valence-corrected chi connectivity index (χ3v) is 3.09. The molecule has 0 aliphatic carbocycles. The van der Waals surface area contributed by atoms with Gasteiger partial charge in [0.15, 0.2) is 0 Å². The largest absolute Gasteiger partial charge is 0.465 e. The fourth-order valence-electron chi connectivity index (χ4n) is 2.02. The van der Waals surface area contributed by atoms with Crippen LogP contribution in [0.3, 0.4) is 0 Å². The summed E-state index contributed by atoms with van der Waals surface area (Å²) in [5.74, 6) is 2.28. The van der Waals surface area contributed by atoms with Crippen LogP contribution in [0.5, 0.6) is 0 Å². The van der Waals surface area contributed by atoms with Crippen LogP contribution < -0.4 is 10.6 Å². The Balaban J connectivity index is 2.18. The second-order valence-electron chi connectivity index (χ2n) is 5.66. The summed E-state index contributed by atoms with van der Waals surface area (Å²) < 4.78 is 4.73. The van der Waals surface area contributed by atoms with Crippen LogP contribution >= 0.6 is 0 Å². The van der Waals surface area contributed by atoms with Crippen LogP contribution in [-0.2, 0) is 4.74 Å². The Hall–Kier alpha value is -2.63. The van der Waals surface area contributed by atoms with E-state index in [4.69, 9.17) is 4.74 Å². The first-order valence-electron chi connectivity index (χ1n) is 7.53. The van der Waals surface area contributed by atoms with Gasteiger partial charge in [0.2, 0.25) is 0 Å². The topological polar surface area (TPSA) is 76.1 Å². The summed E-state index contributed by atoms with van der Waals surface area (Å²) in [6.07, 6.45) is 0. The van der Waals surface area contributed by atoms with Gasteiger partial charge in [0.05, 0.1) is 12.7 Å². The minimum absolute atomic E-state index is 0.369.